The molecular formula is C18H30N2O. The Balaban J connectivity index is 1.62. The van der Waals surface area contributed by atoms with Gasteiger partial charge in [0.25, 0.3) is 0 Å². The highest BCUT2D eigenvalue weighted by atomic mass is 16.3. The molecule has 2 aliphatic rings. The van der Waals surface area contributed by atoms with E-state index in [1.54, 1.807) is 6.26 Å². The topological polar surface area (TPSA) is 19.6 Å². The van der Waals surface area contributed by atoms with Gasteiger partial charge < -0.3 is 4.42 Å². The van der Waals surface area contributed by atoms with E-state index in [9.17, 15) is 0 Å². The number of rotatable bonds is 5. The van der Waals surface area contributed by atoms with E-state index < -0.39 is 0 Å². The SMILES string of the molecule is CC(C)C1CN2CCCC2CN1C(C)CCc1ccco1. The lowest BCUT2D eigenvalue weighted by Gasteiger charge is -2.48. The molecule has 0 N–H and O–H groups in total. The molecule has 0 amide bonds. The van der Waals surface area contributed by atoms with E-state index in [-0.39, 0.29) is 0 Å². The van der Waals surface area contributed by atoms with E-state index in [4.69, 9.17) is 4.42 Å². The van der Waals surface area contributed by atoms with Gasteiger partial charge in [-0.15, -0.1) is 0 Å². The molecule has 1 aromatic rings. The third-order valence-corrected chi connectivity index (χ3v) is 5.49. The van der Waals surface area contributed by atoms with E-state index in [0.29, 0.717) is 12.1 Å². The molecule has 0 bridgehead atoms. The summed E-state index contributed by atoms with van der Waals surface area (Å²) in [6.45, 7) is 11.0. The minimum absolute atomic E-state index is 0.644. The normalized spacial score (nSPS) is 29.0. The van der Waals surface area contributed by atoms with Crippen LogP contribution >= 0.6 is 0 Å². The Bertz CT molecular complexity index is 428. The minimum Gasteiger partial charge on any atom is -0.469 e. The van der Waals surface area contributed by atoms with Crippen LogP contribution in [0.25, 0.3) is 0 Å². The molecule has 0 spiro atoms. The van der Waals surface area contributed by atoms with Gasteiger partial charge in [0, 0.05) is 37.6 Å². The highest BCUT2D eigenvalue weighted by molar-refractivity contribution is 5.00. The van der Waals surface area contributed by atoms with Gasteiger partial charge in [-0.1, -0.05) is 13.8 Å². The lowest BCUT2D eigenvalue weighted by molar-refractivity contribution is 0.00247. The summed E-state index contributed by atoms with van der Waals surface area (Å²) < 4.78 is 5.49. The van der Waals surface area contributed by atoms with Crippen molar-refractivity contribution in [2.24, 2.45) is 5.92 Å². The van der Waals surface area contributed by atoms with Gasteiger partial charge in [-0.3, -0.25) is 9.80 Å². The predicted octanol–water partition coefficient (Wildman–Crippen LogP) is 3.41. The summed E-state index contributed by atoms with van der Waals surface area (Å²) in [5.41, 5.74) is 0. The smallest absolute Gasteiger partial charge is 0.103 e. The molecule has 1 aromatic heterocycles. The van der Waals surface area contributed by atoms with Crippen molar-refractivity contribution in [2.75, 3.05) is 19.6 Å². The van der Waals surface area contributed by atoms with E-state index >= 15 is 0 Å². The molecule has 0 aromatic carbocycles. The lowest BCUT2D eigenvalue weighted by Crippen LogP contribution is -2.60. The van der Waals surface area contributed by atoms with Gasteiger partial charge in [0.15, 0.2) is 0 Å². The molecule has 3 atom stereocenters. The van der Waals surface area contributed by atoms with Crippen molar-refractivity contribution < 1.29 is 4.42 Å². The monoisotopic (exact) mass is 290 g/mol. The second-order valence-electron chi connectivity index (χ2n) is 7.27. The van der Waals surface area contributed by atoms with Crippen molar-refractivity contribution >= 4 is 0 Å². The maximum atomic E-state index is 5.49. The van der Waals surface area contributed by atoms with Crippen LogP contribution in [-0.4, -0.2) is 47.6 Å². The molecule has 0 aliphatic carbocycles. The van der Waals surface area contributed by atoms with E-state index in [1.807, 2.05) is 6.07 Å². The van der Waals surface area contributed by atoms with E-state index in [0.717, 1.165) is 24.1 Å². The van der Waals surface area contributed by atoms with Crippen LogP contribution in [0.2, 0.25) is 0 Å². The maximum Gasteiger partial charge on any atom is 0.103 e. The lowest BCUT2D eigenvalue weighted by atomic mass is 9.94. The second-order valence-corrected chi connectivity index (χ2v) is 7.27. The fraction of sp³-hybridized carbons (Fsp3) is 0.778. The molecule has 3 heterocycles. The molecule has 2 fully saturated rings. The highest BCUT2D eigenvalue weighted by Gasteiger charge is 2.38. The number of hydrogen-bond acceptors (Lipinski definition) is 3. The number of fused-ring (bicyclic) bond motifs is 1. The van der Waals surface area contributed by atoms with Crippen molar-refractivity contribution in [3.63, 3.8) is 0 Å². The summed E-state index contributed by atoms with van der Waals surface area (Å²) in [4.78, 5) is 5.53. The molecule has 3 nitrogen and oxygen atoms in total. The summed E-state index contributed by atoms with van der Waals surface area (Å²) >= 11 is 0. The van der Waals surface area contributed by atoms with E-state index in [2.05, 4.69) is 36.6 Å². The number of nitrogens with zero attached hydrogens (tertiary/aromatic N) is 2. The number of aryl methyl sites for hydroxylation is 1. The first kappa shape index (κ1) is 15.1. The summed E-state index contributed by atoms with van der Waals surface area (Å²) in [5, 5.41) is 0. The Kier molecular flexibility index (Phi) is 4.70. The zero-order chi connectivity index (χ0) is 14.8. The third-order valence-electron chi connectivity index (χ3n) is 5.49. The van der Waals surface area contributed by atoms with Gasteiger partial charge in [0.05, 0.1) is 6.26 Å². The first-order valence-electron chi connectivity index (χ1n) is 8.67. The zero-order valence-electron chi connectivity index (χ0n) is 13.8. The average molecular weight is 290 g/mol. The Morgan fingerprint density at radius 1 is 1.29 bits per heavy atom. The van der Waals surface area contributed by atoms with Crippen molar-refractivity contribution in [2.45, 2.75) is 64.6 Å². The standard InChI is InChI=1S/C18H30N2O/c1-14(2)18-13-19-10-4-6-16(19)12-20(18)15(3)8-9-17-7-5-11-21-17/h5,7,11,14-16,18H,4,6,8-10,12-13H2,1-3H3. The van der Waals surface area contributed by atoms with Crippen LogP contribution in [0.1, 0.15) is 45.8 Å². The van der Waals surface area contributed by atoms with Gasteiger partial charge in [-0.2, -0.15) is 0 Å². The molecule has 3 unspecified atom stereocenters. The Morgan fingerprint density at radius 2 is 2.14 bits per heavy atom. The molecule has 3 rings (SSSR count). The molecule has 21 heavy (non-hydrogen) atoms. The van der Waals surface area contributed by atoms with Crippen LogP contribution in [0, 0.1) is 5.92 Å². The van der Waals surface area contributed by atoms with Crippen LogP contribution < -0.4 is 0 Å². The quantitative estimate of drug-likeness (QED) is 0.828. The summed E-state index contributed by atoms with van der Waals surface area (Å²) in [7, 11) is 0. The van der Waals surface area contributed by atoms with Crippen LogP contribution in [-0.2, 0) is 6.42 Å². The van der Waals surface area contributed by atoms with Gasteiger partial charge in [0.2, 0.25) is 0 Å². The van der Waals surface area contributed by atoms with Crippen LogP contribution in [0.15, 0.2) is 22.8 Å². The average Bonchev–Trinajstić information content (AvgIpc) is 3.13. The minimum atomic E-state index is 0.644. The number of furan rings is 1. The third kappa shape index (κ3) is 3.35. The predicted molar refractivity (Wildman–Crippen MR) is 86.4 cm³/mol. The second kappa shape index (κ2) is 6.53. The molecule has 0 radical (unpaired) electrons. The summed E-state index contributed by atoms with van der Waals surface area (Å²) in [6.07, 6.45) is 6.83. The van der Waals surface area contributed by atoms with E-state index in [1.165, 1.54) is 38.9 Å². The first-order chi connectivity index (χ1) is 10.1. The fourth-order valence-electron chi connectivity index (χ4n) is 4.14. The molecular weight excluding hydrogens is 260 g/mol. The zero-order valence-corrected chi connectivity index (χ0v) is 13.8. The Morgan fingerprint density at radius 3 is 2.86 bits per heavy atom. The first-order valence-corrected chi connectivity index (χ1v) is 8.67. The van der Waals surface area contributed by atoms with Gasteiger partial charge in [-0.25, -0.2) is 0 Å². The van der Waals surface area contributed by atoms with Crippen molar-refractivity contribution in [1.82, 2.24) is 9.80 Å². The molecule has 118 valence electrons. The molecule has 2 saturated heterocycles. The molecule has 3 heteroatoms. The number of hydrogen-bond donors (Lipinski definition) is 0. The van der Waals surface area contributed by atoms with Crippen molar-refractivity contribution in [3.05, 3.63) is 24.2 Å². The van der Waals surface area contributed by atoms with Gasteiger partial charge in [-0.05, 0) is 50.8 Å². The largest absolute Gasteiger partial charge is 0.469 e. The summed E-state index contributed by atoms with van der Waals surface area (Å²) in [5.74, 6) is 1.86. The van der Waals surface area contributed by atoms with Crippen LogP contribution in [0.4, 0.5) is 0 Å². The fourth-order valence-corrected chi connectivity index (χ4v) is 4.14. The molecule has 2 aliphatic heterocycles. The Labute approximate surface area is 129 Å². The van der Waals surface area contributed by atoms with Gasteiger partial charge >= 0.3 is 0 Å². The Hall–Kier alpha value is -0.800. The van der Waals surface area contributed by atoms with Crippen LogP contribution in [0.5, 0.6) is 0 Å². The summed E-state index contributed by atoms with van der Waals surface area (Å²) in [6, 6.07) is 6.26. The van der Waals surface area contributed by atoms with Crippen LogP contribution in [0.3, 0.4) is 0 Å². The number of piperazine rings is 1. The van der Waals surface area contributed by atoms with Gasteiger partial charge in [0.1, 0.15) is 5.76 Å². The van der Waals surface area contributed by atoms with Crippen molar-refractivity contribution in [1.29, 1.82) is 0 Å². The molecule has 0 saturated carbocycles. The maximum absolute atomic E-state index is 5.49. The highest BCUT2D eigenvalue weighted by Crippen LogP contribution is 2.29. The van der Waals surface area contributed by atoms with Crippen molar-refractivity contribution in [3.8, 4) is 0 Å².